The van der Waals surface area contributed by atoms with Crippen LogP contribution in [0, 0.1) is 0 Å². The Kier molecular flexibility index (Phi) is 3.74. The van der Waals surface area contributed by atoms with E-state index >= 15 is 0 Å². The normalized spacial score (nSPS) is 9.89. The fraction of sp³-hybridized carbons (Fsp3) is 0.0833. The Labute approximate surface area is 109 Å². The summed E-state index contributed by atoms with van der Waals surface area (Å²) in [4.78, 5) is 19.8. The van der Waals surface area contributed by atoms with Gasteiger partial charge in [0.15, 0.2) is 0 Å². The Morgan fingerprint density at radius 3 is 2.83 bits per heavy atom. The van der Waals surface area contributed by atoms with Crippen LogP contribution in [0.15, 0.2) is 36.5 Å². The van der Waals surface area contributed by atoms with E-state index in [1.165, 1.54) is 13.3 Å². The lowest BCUT2D eigenvalue weighted by atomic mass is 10.2. The lowest BCUT2D eigenvalue weighted by Gasteiger charge is -2.06. The third kappa shape index (κ3) is 2.75. The first-order valence-corrected chi connectivity index (χ1v) is 5.51. The molecule has 2 rings (SSSR count). The first-order chi connectivity index (χ1) is 8.70. The molecule has 0 atom stereocenters. The maximum absolute atomic E-state index is 11.9. The Bertz CT molecular complexity index is 575. The number of rotatable bonds is 3. The second kappa shape index (κ2) is 5.46. The molecular formula is C12H10ClN3O2. The molecule has 0 saturated carbocycles. The summed E-state index contributed by atoms with van der Waals surface area (Å²) in [6, 6.07) is 8.53. The molecule has 0 unspecified atom stereocenters. The number of aromatic nitrogens is 2. The van der Waals surface area contributed by atoms with Crippen molar-refractivity contribution in [2.24, 2.45) is 0 Å². The minimum absolute atomic E-state index is 0.187. The summed E-state index contributed by atoms with van der Waals surface area (Å²) in [6.45, 7) is 0. The van der Waals surface area contributed by atoms with E-state index in [0.717, 1.165) is 0 Å². The van der Waals surface area contributed by atoms with Crippen molar-refractivity contribution >= 4 is 23.3 Å². The van der Waals surface area contributed by atoms with Crippen LogP contribution in [0.4, 0.5) is 5.82 Å². The van der Waals surface area contributed by atoms with Crippen LogP contribution in [0.1, 0.15) is 10.4 Å². The molecule has 5 nitrogen and oxygen atoms in total. The van der Waals surface area contributed by atoms with Gasteiger partial charge in [-0.3, -0.25) is 4.79 Å². The van der Waals surface area contributed by atoms with E-state index in [2.05, 4.69) is 15.3 Å². The van der Waals surface area contributed by atoms with Gasteiger partial charge >= 0.3 is 6.01 Å². The van der Waals surface area contributed by atoms with E-state index in [9.17, 15) is 4.79 Å². The minimum atomic E-state index is -0.332. The second-order valence-corrected chi connectivity index (χ2v) is 3.77. The number of halogens is 1. The Morgan fingerprint density at radius 2 is 2.11 bits per heavy atom. The van der Waals surface area contributed by atoms with Crippen molar-refractivity contribution in [1.29, 1.82) is 0 Å². The molecular weight excluding hydrogens is 254 g/mol. The maximum atomic E-state index is 11.9. The quantitative estimate of drug-likeness (QED) is 0.923. The number of benzene rings is 1. The van der Waals surface area contributed by atoms with Gasteiger partial charge in [0, 0.05) is 6.20 Å². The number of hydrogen-bond acceptors (Lipinski definition) is 4. The molecule has 0 spiro atoms. The number of anilines is 1. The van der Waals surface area contributed by atoms with Crippen LogP contribution in [0.2, 0.25) is 5.02 Å². The molecule has 1 amide bonds. The monoisotopic (exact) mass is 263 g/mol. The number of nitrogens with one attached hydrogen (secondary N) is 1. The van der Waals surface area contributed by atoms with Crippen molar-refractivity contribution in [1.82, 2.24) is 9.97 Å². The molecule has 0 aliphatic heterocycles. The van der Waals surface area contributed by atoms with Crippen molar-refractivity contribution in [2.75, 3.05) is 12.4 Å². The molecule has 92 valence electrons. The van der Waals surface area contributed by atoms with E-state index in [1.54, 1.807) is 30.3 Å². The number of carbonyl (C=O) groups is 1. The van der Waals surface area contributed by atoms with Crippen molar-refractivity contribution < 1.29 is 9.53 Å². The van der Waals surface area contributed by atoms with E-state index in [4.69, 9.17) is 16.3 Å². The molecule has 1 heterocycles. The van der Waals surface area contributed by atoms with Gasteiger partial charge < -0.3 is 10.1 Å². The van der Waals surface area contributed by atoms with Crippen molar-refractivity contribution in [2.45, 2.75) is 0 Å². The molecule has 0 saturated heterocycles. The molecule has 2 aromatic rings. The zero-order valence-corrected chi connectivity index (χ0v) is 10.3. The van der Waals surface area contributed by atoms with Crippen LogP contribution in [0.3, 0.4) is 0 Å². The summed E-state index contributed by atoms with van der Waals surface area (Å²) in [6.07, 6.45) is 1.49. The van der Waals surface area contributed by atoms with E-state index in [-0.39, 0.29) is 11.9 Å². The van der Waals surface area contributed by atoms with Gasteiger partial charge in [-0.15, -0.1) is 0 Å². The van der Waals surface area contributed by atoms with Crippen molar-refractivity contribution in [3.63, 3.8) is 0 Å². The highest BCUT2D eigenvalue weighted by atomic mass is 35.5. The molecule has 1 aromatic carbocycles. The van der Waals surface area contributed by atoms with Gasteiger partial charge in [0.1, 0.15) is 5.82 Å². The molecule has 0 fully saturated rings. The standard InChI is InChI=1S/C12H10ClN3O2/c1-18-12-14-7-6-10(16-12)15-11(17)8-4-2-3-5-9(8)13/h2-7H,1H3,(H,14,15,16,17). The van der Waals surface area contributed by atoms with E-state index < -0.39 is 0 Å². The van der Waals surface area contributed by atoms with Gasteiger partial charge in [-0.05, 0) is 18.2 Å². The predicted octanol–water partition coefficient (Wildman–Crippen LogP) is 2.39. The SMILES string of the molecule is COc1nccc(NC(=O)c2ccccc2Cl)n1. The van der Waals surface area contributed by atoms with Crippen molar-refractivity contribution in [3.05, 3.63) is 47.1 Å². The number of methoxy groups -OCH3 is 1. The van der Waals surface area contributed by atoms with Crippen LogP contribution in [-0.4, -0.2) is 23.0 Å². The van der Waals surface area contributed by atoms with Crippen LogP contribution < -0.4 is 10.1 Å². The summed E-state index contributed by atoms with van der Waals surface area (Å²) < 4.78 is 4.87. The molecule has 0 aliphatic rings. The Hall–Kier alpha value is -2.14. The molecule has 6 heteroatoms. The lowest BCUT2D eigenvalue weighted by Crippen LogP contribution is -2.13. The Balaban J connectivity index is 2.19. The number of hydrogen-bond donors (Lipinski definition) is 1. The number of carbonyl (C=O) groups excluding carboxylic acids is 1. The van der Waals surface area contributed by atoms with Crippen LogP contribution in [0.5, 0.6) is 6.01 Å². The molecule has 1 aromatic heterocycles. The van der Waals surface area contributed by atoms with Crippen molar-refractivity contribution in [3.8, 4) is 6.01 Å². The number of amides is 1. The smallest absolute Gasteiger partial charge is 0.318 e. The van der Waals surface area contributed by atoms with Crippen LogP contribution in [-0.2, 0) is 0 Å². The Morgan fingerprint density at radius 1 is 1.33 bits per heavy atom. The molecule has 0 bridgehead atoms. The number of nitrogens with zero attached hydrogens (tertiary/aromatic N) is 2. The first-order valence-electron chi connectivity index (χ1n) is 5.13. The third-order valence-electron chi connectivity index (χ3n) is 2.18. The van der Waals surface area contributed by atoms with Gasteiger partial charge in [-0.2, -0.15) is 4.98 Å². The minimum Gasteiger partial charge on any atom is -0.467 e. The lowest BCUT2D eigenvalue weighted by molar-refractivity contribution is 0.102. The maximum Gasteiger partial charge on any atom is 0.318 e. The largest absolute Gasteiger partial charge is 0.467 e. The third-order valence-corrected chi connectivity index (χ3v) is 2.51. The van der Waals surface area contributed by atoms with Gasteiger partial charge in [-0.1, -0.05) is 23.7 Å². The molecule has 18 heavy (non-hydrogen) atoms. The fourth-order valence-corrected chi connectivity index (χ4v) is 1.56. The molecule has 0 aliphatic carbocycles. The zero-order chi connectivity index (χ0) is 13.0. The highest BCUT2D eigenvalue weighted by molar-refractivity contribution is 6.34. The average molecular weight is 264 g/mol. The van der Waals surface area contributed by atoms with E-state index in [0.29, 0.717) is 16.4 Å². The highest BCUT2D eigenvalue weighted by Crippen LogP contribution is 2.16. The fourth-order valence-electron chi connectivity index (χ4n) is 1.34. The van der Waals surface area contributed by atoms with E-state index in [1.807, 2.05) is 0 Å². The first kappa shape index (κ1) is 12.3. The van der Waals surface area contributed by atoms with Gasteiger partial charge in [-0.25, -0.2) is 4.98 Å². The van der Waals surface area contributed by atoms with Crippen LogP contribution >= 0.6 is 11.6 Å². The second-order valence-electron chi connectivity index (χ2n) is 3.36. The van der Waals surface area contributed by atoms with Crippen LogP contribution in [0.25, 0.3) is 0 Å². The molecule has 1 N–H and O–H groups in total. The summed E-state index contributed by atoms with van der Waals surface area (Å²) in [5.74, 6) is 0.0214. The topological polar surface area (TPSA) is 64.1 Å². The average Bonchev–Trinajstić information content (AvgIpc) is 2.39. The van der Waals surface area contributed by atoms with Gasteiger partial charge in [0.2, 0.25) is 0 Å². The summed E-state index contributed by atoms with van der Waals surface area (Å²) >= 11 is 5.93. The summed E-state index contributed by atoms with van der Waals surface area (Å²) in [5.41, 5.74) is 0.386. The highest BCUT2D eigenvalue weighted by Gasteiger charge is 2.10. The summed E-state index contributed by atoms with van der Waals surface area (Å²) in [7, 11) is 1.45. The molecule has 0 radical (unpaired) electrons. The number of ether oxygens (including phenoxy) is 1. The zero-order valence-electron chi connectivity index (χ0n) is 9.55. The van der Waals surface area contributed by atoms with Gasteiger partial charge in [0.05, 0.1) is 17.7 Å². The summed E-state index contributed by atoms with van der Waals surface area (Å²) in [5, 5.41) is 3.00. The predicted molar refractivity (Wildman–Crippen MR) is 68.0 cm³/mol. The van der Waals surface area contributed by atoms with Gasteiger partial charge in [0.25, 0.3) is 5.91 Å².